The van der Waals surface area contributed by atoms with Gasteiger partial charge in [-0.1, -0.05) is 31.5 Å². The molecule has 0 heterocycles. The molecule has 0 aliphatic carbocycles. The van der Waals surface area contributed by atoms with Gasteiger partial charge in [0.1, 0.15) is 0 Å². The number of rotatable bonds is 5. The van der Waals surface area contributed by atoms with Crippen LogP contribution in [0.4, 0.5) is 5.69 Å². The molecule has 0 saturated heterocycles. The standard InChI is InChI=1S/C15H26N2/c1-11(2)8-13(4)17(5)15-7-6-12(3)9-14(15)10-16/h6-7,9,11,13H,8,10,16H2,1-5H3. The number of aryl methyl sites for hydroxylation is 1. The molecular weight excluding hydrogens is 208 g/mol. The maximum atomic E-state index is 5.83. The molecule has 1 rings (SSSR count). The van der Waals surface area contributed by atoms with E-state index in [1.165, 1.54) is 23.2 Å². The minimum Gasteiger partial charge on any atom is -0.372 e. The van der Waals surface area contributed by atoms with Crippen LogP contribution in [-0.2, 0) is 6.54 Å². The summed E-state index contributed by atoms with van der Waals surface area (Å²) in [6.45, 7) is 9.53. The maximum absolute atomic E-state index is 5.83. The summed E-state index contributed by atoms with van der Waals surface area (Å²) in [4.78, 5) is 2.35. The van der Waals surface area contributed by atoms with E-state index in [9.17, 15) is 0 Å². The first kappa shape index (κ1) is 14.0. The van der Waals surface area contributed by atoms with E-state index < -0.39 is 0 Å². The molecule has 0 saturated carbocycles. The molecule has 0 bridgehead atoms. The van der Waals surface area contributed by atoms with Crippen LogP contribution in [0.25, 0.3) is 0 Å². The summed E-state index contributed by atoms with van der Waals surface area (Å²) in [5.74, 6) is 0.722. The van der Waals surface area contributed by atoms with E-state index >= 15 is 0 Å². The van der Waals surface area contributed by atoms with Gasteiger partial charge in [-0.05, 0) is 37.8 Å². The molecule has 0 fully saturated rings. The number of hydrogen-bond donors (Lipinski definition) is 1. The summed E-state index contributed by atoms with van der Waals surface area (Å²) in [7, 11) is 2.16. The lowest BCUT2D eigenvalue weighted by Crippen LogP contribution is -2.31. The fourth-order valence-electron chi connectivity index (χ4n) is 2.30. The van der Waals surface area contributed by atoms with Gasteiger partial charge in [-0.3, -0.25) is 0 Å². The van der Waals surface area contributed by atoms with Crippen molar-refractivity contribution in [2.24, 2.45) is 11.7 Å². The van der Waals surface area contributed by atoms with Gasteiger partial charge in [-0.15, -0.1) is 0 Å². The van der Waals surface area contributed by atoms with Crippen molar-refractivity contribution in [1.82, 2.24) is 0 Å². The van der Waals surface area contributed by atoms with Crippen LogP contribution in [0.1, 0.15) is 38.3 Å². The van der Waals surface area contributed by atoms with E-state index in [1.807, 2.05) is 0 Å². The fraction of sp³-hybridized carbons (Fsp3) is 0.600. The SMILES string of the molecule is Cc1ccc(N(C)C(C)CC(C)C)c(CN)c1. The lowest BCUT2D eigenvalue weighted by atomic mass is 10.0. The first-order valence-corrected chi connectivity index (χ1v) is 6.48. The number of nitrogens with two attached hydrogens (primary N) is 1. The monoisotopic (exact) mass is 234 g/mol. The van der Waals surface area contributed by atoms with Crippen LogP contribution < -0.4 is 10.6 Å². The summed E-state index contributed by atoms with van der Waals surface area (Å²) in [6.07, 6.45) is 1.20. The van der Waals surface area contributed by atoms with Crippen LogP contribution in [0.15, 0.2) is 18.2 Å². The predicted octanol–water partition coefficient (Wildman–Crippen LogP) is 3.32. The second kappa shape index (κ2) is 6.06. The summed E-state index contributed by atoms with van der Waals surface area (Å²) < 4.78 is 0. The quantitative estimate of drug-likeness (QED) is 0.846. The molecule has 2 nitrogen and oxygen atoms in total. The van der Waals surface area contributed by atoms with Crippen molar-refractivity contribution >= 4 is 5.69 Å². The van der Waals surface area contributed by atoms with Gasteiger partial charge >= 0.3 is 0 Å². The molecule has 0 aliphatic heterocycles. The molecule has 2 heteroatoms. The van der Waals surface area contributed by atoms with Crippen molar-refractivity contribution < 1.29 is 0 Å². The molecule has 2 N–H and O–H groups in total. The van der Waals surface area contributed by atoms with Crippen LogP contribution in [0.5, 0.6) is 0 Å². The number of nitrogens with zero attached hydrogens (tertiary/aromatic N) is 1. The highest BCUT2D eigenvalue weighted by Gasteiger charge is 2.14. The molecule has 0 aromatic heterocycles. The molecule has 96 valence electrons. The summed E-state index contributed by atoms with van der Waals surface area (Å²) in [5, 5.41) is 0. The predicted molar refractivity (Wildman–Crippen MR) is 76.4 cm³/mol. The summed E-state index contributed by atoms with van der Waals surface area (Å²) >= 11 is 0. The van der Waals surface area contributed by atoms with Gasteiger partial charge in [0, 0.05) is 25.3 Å². The van der Waals surface area contributed by atoms with Gasteiger partial charge in [0.05, 0.1) is 0 Å². The van der Waals surface area contributed by atoms with Crippen LogP contribution >= 0.6 is 0 Å². The highest BCUT2D eigenvalue weighted by atomic mass is 15.1. The highest BCUT2D eigenvalue weighted by Crippen LogP contribution is 2.24. The Kier molecular flexibility index (Phi) is 5.01. The van der Waals surface area contributed by atoms with Crippen molar-refractivity contribution in [3.05, 3.63) is 29.3 Å². The van der Waals surface area contributed by atoms with Crippen molar-refractivity contribution in [3.8, 4) is 0 Å². The summed E-state index contributed by atoms with van der Waals surface area (Å²) in [5.41, 5.74) is 9.62. The molecule has 17 heavy (non-hydrogen) atoms. The third-order valence-electron chi connectivity index (χ3n) is 3.31. The van der Waals surface area contributed by atoms with Gasteiger partial charge < -0.3 is 10.6 Å². The molecule has 0 radical (unpaired) electrons. The van der Waals surface area contributed by atoms with E-state index in [0.717, 1.165) is 5.92 Å². The molecule has 0 aliphatic rings. The van der Waals surface area contributed by atoms with Crippen LogP contribution in [0.2, 0.25) is 0 Å². The first-order chi connectivity index (χ1) is 7.95. The van der Waals surface area contributed by atoms with Crippen LogP contribution in [0.3, 0.4) is 0 Å². The Balaban J connectivity index is 2.91. The van der Waals surface area contributed by atoms with Gasteiger partial charge in [0.15, 0.2) is 0 Å². The molecular formula is C15H26N2. The lowest BCUT2D eigenvalue weighted by molar-refractivity contribution is 0.503. The number of anilines is 1. The van der Waals surface area contributed by atoms with Crippen molar-refractivity contribution in [2.45, 2.75) is 46.7 Å². The molecule has 1 unspecified atom stereocenters. The van der Waals surface area contributed by atoms with E-state index in [1.54, 1.807) is 0 Å². The minimum absolute atomic E-state index is 0.544. The van der Waals surface area contributed by atoms with Gasteiger partial charge in [0.2, 0.25) is 0 Å². The zero-order valence-electron chi connectivity index (χ0n) is 11.8. The Hall–Kier alpha value is -1.02. The molecule has 0 spiro atoms. The number of hydrogen-bond acceptors (Lipinski definition) is 2. The largest absolute Gasteiger partial charge is 0.372 e. The smallest absolute Gasteiger partial charge is 0.0411 e. The van der Waals surface area contributed by atoms with Crippen molar-refractivity contribution in [3.63, 3.8) is 0 Å². The normalized spacial score (nSPS) is 12.9. The number of benzene rings is 1. The maximum Gasteiger partial charge on any atom is 0.0411 e. The Bertz CT molecular complexity index is 358. The third-order valence-corrected chi connectivity index (χ3v) is 3.31. The van der Waals surface area contributed by atoms with E-state index in [4.69, 9.17) is 5.73 Å². The average molecular weight is 234 g/mol. The Morgan fingerprint density at radius 1 is 1.24 bits per heavy atom. The van der Waals surface area contributed by atoms with Crippen LogP contribution in [-0.4, -0.2) is 13.1 Å². The highest BCUT2D eigenvalue weighted by molar-refractivity contribution is 5.55. The molecule has 1 atom stereocenters. The zero-order chi connectivity index (χ0) is 13.0. The lowest BCUT2D eigenvalue weighted by Gasteiger charge is -2.30. The Labute approximate surface area is 106 Å². The second-order valence-electron chi connectivity index (χ2n) is 5.43. The second-order valence-corrected chi connectivity index (χ2v) is 5.43. The fourth-order valence-corrected chi connectivity index (χ4v) is 2.30. The van der Waals surface area contributed by atoms with Crippen molar-refractivity contribution in [2.75, 3.05) is 11.9 Å². The van der Waals surface area contributed by atoms with Crippen LogP contribution in [0, 0.1) is 12.8 Å². The molecule has 0 amide bonds. The average Bonchev–Trinajstić information content (AvgIpc) is 2.27. The van der Waals surface area contributed by atoms with Crippen molar-refractivity contribution in [1.29, 1.82) is 0 Å². The Morgan fingerprint density at radius 2 is 1.88 bits per heavy atom. The molecule has 1 aromatic rings. The Morgan fingerprint density at radius 3 is 2.41 bits per heavy atom. The zero-order valence-corrected chi connectivity index (χ0v) is 11.8. The summed E-state index contributed by atoms with van der Waals surface area (Å²) in [6, 6.07) is 7.08. The van der Waals surface area contributed by atoms with Gasteiger partial charge in [-0.2, -0.15) is 0 Å². The molecule has 1 aromatic carbocycles. The van der Waals surface area contributed by atoms with Gasteiger partial charge in [0.25, 0.3) is 0 Å². The van der Waals surface area contributed by atoms with E-state index in [-0.39, 0.29) is 0 Å². The van der Waals surface area contributed by atoms with E-state index in [2.05, 4.69) is 57.8 Å². The minimum atomic E-state index is 0.544. The van der Waals surface area contributed by atoms with E-state index in [0.29, 0.717) is 12.6 Å². The first-order valence-electron chi connectivity index (χ1n) is 6.48. The van der Waals surface area contributed by atoms with Gasteiger partial charge in [-0.25, -0.2) is 0 Å². The third kappa shape index (κ3) is 3.74. The topological polar surface area (TPSA) is 29.3 Å².